The predicted octanol–water partition coefficient (Wildman–Crippen LogP) is 1.88. The lowest BCUT2D eigenvalue weighted by Gasteiger charge is -2.33. The van der Waals surface area contributed by atoms with E-state index in [9.17, 15) is 9.90 Å². The Labute approximate surface area is 180 Å². The van der Waals surface area contributed by atoms with Crippen molar-refractivity contribution in [3.63, 3.8) is 0 Å². The smallest absolute Gasteiger partial charge is 0.236 e. The molecule has 0 radical (unpaired) electrons. The lowest BCUT2D eigenvalue weighted by atomic mass is 9.88. The fourth-order valence-electron chi connectivity index (χ4n) is 4.31. The largest absolute Gasteiger partial charge is 0.508 e. The van der Waals surface area contributed by atoms with Gasteiger partial charge in [-0.1, -0.05) is 6.07 Å². The SMILES string of the molecule is CCNC(=NCc1c(O)ccc2c1CCCC2)NC1CCN(CC(=O)N(C)C)CC1. The van der Waals surface area contributed by atoms with E-state index in [1.54, 1.807) is 19.0 Å². The summed E-state index contributed by atoms with van der Waals surface area (Å²) < 4.78 is 0. The molecule has 7 heteroatoms. The molecule has 1 heterocycles. The molecule has 0 unspecified atom stereocenters. The summed E-state index contributed by atoms with van der Waals surface area (Å²) in [5.41, 5.74) is 3.63. The minimum Gasteiger partial charge on any atom is -0.508 e. The van der Waals surface area contributed by atoms with Gasteiger partial charge in [-0.15, -0.1) is 0 Å². The number of guanidine groups is 1. The lowest BCUT2D eigenvalue weighted by molar-refractivity contribution is -0.130. The first kappa shape index (κ1) is 22.4. The summed E-state index contributed by atoms with van der Waals surface area (Å²) in [6.07, 6.45) is 6.50. The Bertz CT molecular complexity index is 754. The van der Waals surface area contributed by atoms with E-state index in [2.05, 4.69) is 28.5 Å². The summed E-state index contributed by atoms with van der Waals surface area (Å²) in [6, 6.07) is 4.22. The van der Waals surface area contributed by atoms with Crippen LogP contribution in [0.4, 0.5) is 0 Å². The molecular formula is C23H37N5O2. The number of likely N-dealkylation sites (tertiary alicyclic amines) is 1. The number of nitrogens with one attached hydrogen (secondary N) is 2. The maximum atomic E-state index is 11.9. The first-order chi connectivity index (χ1) is 14.5. The summed E-state index contributed by atoms with van der Waals surface area (Å²) in [7, 11) is 3.61. The van der Waals surface area contributed by atoms with Crippen LogP contribution in [0.15, 0.2) is 17.1 Å². The molecular weight excluding hydrogens is 378 g/mol. The highest BCUT2D eigenvalue weighted by Gasteiger charge is 2.22. The lowest BCUT2D eigenvalue weighted by Crippen LogP contribution is -2.50. The number of likely N-dealkylation sites (N-methyl/N-ethyl adjacent to an activating group) is 1. The van der Waals surface area contributed by atoms with Crippen molar-refractivity contribution in [1.82, 2.24) is 20.4 Å². The van der Waals surface area contributed by atoms with Gasteiger partial charge in [-0.05, 0) is 62.6 Å². The number of fused-ring (bicyclic) bond motifs is 1. The molecule has 1 aromatic rings. The van der Waals surface area contributed by atoms with E-state index in [0.717, 1.165) is 56.8 Å². The summed E-state index contributed by atoms with van der Waals surface area (Å²) in [5.74, 6) is 1.31. The van der Waals surface area contributed by atoms with E-state index < -0.39 is 0 Å². The zero-order valence-electron chi connectivity index (χ0n) is 18.7. The van der Waals surface area contributed by atoms with Crippen molar-refractivity contribution in [2.75, 3.05) is 40.3 Å². The number of aryl methyl sites for hydroxylation is 1. The molecule has 0 bridgehead atoms. The molecule has 3 rings (SSSR count). The van der Waals surface area contributed by atoms with Gasteiger partial charge in [0.05, 0.1) is 13.1 Å². The van der Waals surface area contributed by atoms with Gasteiger partial charge in [0.2, 0.25) is 5.91 Å². The Balaban J connectivity index is 1.59. The summed E-state index contributed by atoms with van der Waals surface area (Å²) in [6.45, 7) is 5.65. The molecule has 0 saturated carbocycles. The van der Waals surface area contributed by atoms with Gasteiger partial charge in [-0.2, -0.15) is 0 Å². The van der Waals surface area contributed by atoms with E-state index in [-0.39, 0.29) is 5.91 Å². The topological polar surface area (TPSA) is 80.2 Å². The highest BCUT2D eigenvalue weighted by molar-refractivity contribution is 5.80. The first-order valence-corrected chi connectivity index (χ1v) is 11.3. The normalized spacial score (nSPS) is 18.0. The zero-order chi connectivity index (χ0) is 21.5. The van der Waals surface area contributed by atoms with Crippen LogP contribution < -0.4 is 10.6 Å². The molecule has 0 spiro atoms. The number of phenolic OH excluding ortho intramolecular Hbond substituents is 1. The molecule has 1 aromatic carbocycles. The van der Waals surface area contributed by atoms with E-state index in [4.69, 9.17) is 4.99 Å². The van der Waals surface area contributed by atoms with Gasteiger partial charge in [-0.25, -0.2) is 4.99 Å². The van der Waals surface area contributed by atoms with Gasteiger partial charge < -0.3 is 20.6 Å². The number of carbonyl (C=O) groups excluding carboxylic acids is 1. The molecule has 3 N–H and O–H groups in total. The fraction of sp³-hybridized carbons (Fsp3) is 0.652. The summed E-state index contributed by atoms with van der Waals surface area (Å²) >= 11 is 0. The van der Waals surface area contributed by atoms with Gasteiger partial charge >= 0.3 is 0 Å². The molecule has 1 amide bonds. The number of carbonyl (C=O) groups is 1. The van der Waals surface area contributed by atoms with Crippen molar-refractivity contribution in [1.29, 1.82) is 0 Å². The summed E-state index contributed by atoms with van der Waals surface area (Å²) in [5, 5.41) is 17.3. The second-order valence-corrected chi connectivity index (χ2v) is 8.59. The molecule has 1 aliphatic carbocycles. The highest BCUT2D eigenvalue weighted by Crippen LogP contribution is 2.31. The number of aromatic hydroxyl groups is 1. The minimum atomic E-state index is 0.155. The molecule has 0 atom stereocenters. The number of hydrogen-bond acceptors (Lipinski definition) is 4. The molecule has 2 aliphatic rings. The number of benzene rings is 1. The van der Waals surface area contributed by atoms with Gasteiger partial charge in [0.25, 0.3) is 0 Å². The van der Waals surface area contributed by atoms with Gasteiger partial charge in [0, 0.05) is 45.3 Å². The third kappa shape index (κ3) is 5.88. The number of piperidine rings is 1. The van der Waals surface area contributed by atoms with Crippen molar-refractivity contribution >= 4 is 11.9 Å². The van der Waals surface area contributed by atoms with Crippen LogP contribution in [0.2, 0.25) is 0 Å². The molecule has 0 aromatic heterocycles. The zero-order valence-corrected chi connectivity index (χ0v) is 18.7. The van der Waals surface area contributed by atoms with Crippen molar-refractivity contribution in [3.8, 4) is 5.75 Å². The van der Waals surface area contributed by atoms with Crippen LogP contribution in [0.3, 0.4) is 0 Å². The fourth-order valence-corrected chi connectivity index (χ4v) is 4.31. The number of amides is 1. The van der Waals surface area contributed by atoms with Crippen molar-refractivity contribution < 1.29 is 9.90 Å². The van der Waals surface area contributed by atoms with Crippen LogP contribution >= 0.6 is 0 Å². The van der Waals surface area contributed by atoms with Gasteiger partial charge in [0.15, 0.2) is 5.96 Å². The molecule has 30 heavy (non-hydrogen) atoms. The van der Waals surface area contributed by atoms with Crippen molar-refractivity contribution in [3.05, 3.63) is 28.8 Å². The maximum Gasteiger partial charge on any atom is 0.236 e. The molecule has 166 valence electrons. The number of nitrogens with zero attached hydrogens (tertiary/aromatic N) is 3. The van der Waals surface area contributed by atoms with Gasteiger partial charge in [0.1, 0.15) is 5.75 Å². The van der Waals surface area contributed by atoms with Crippen LogP contribution in [0.5, 0.6) is 5.75 Å². The Morgan fingerprint density at radius 3 is 2.67 bits per heavy atom. The van der Waals surface area contributed by atoms with Crippen LogP contribution in [0, 0.1) is 0 Å². The van der Waals surface area contributed by atoms with Crippen LogP contribution in [-0.2, 0) is 24.2 Å². The third-order valence-corrected chi connectivity index (χ3v) is 6.15. The molecule has 1 fully saturated rings. The van der Waals surface area contributed by atoms with Crippen LogP contribution in [0.1, 0.15) is 49.3 Å². The first-order valence-electron chi connectivity index (χ1n) is 11.3. The number of hydrogen-bond donors (Lipinski definition) is 3. The van der Waals surface area contributed by atoms with Crippen molar-refractivity contribution in [2.24, 2.45) is 4.99 Å². The van der Waals surface area contributed by atoms with Gasteiger partial charge in [-0.3, -0.25) is 9.69 Å². The molecule has 7 nitrogen and oxygen atoms in total. The standard InChI is InChI=1S/C23H37N5O2/c1-4-24-23(26-18-11-13-28(14-12-18)16-22(30)27(2)3)25-15-20-19-8-6-5-7-17(19)9-10-21(20)29/h9-10,18,29H,4-8,11-16H2,1-3H3,(H2,24,25,26). The Morgan fingerprint density at radius 2 is 1.97 bits per heavy atom. The molecule has 1 saturated heterocycles. The summed E-state index contributed by atoms with van der Waals surface area (Å²) in [4.78, 5) is 20.6. The van der Waals surface area contributed by atoms with Crippen LogP contribution in [0.25, 0.3) is 0 Å². The van der Waals surface area contributed by atoms with Crippen molar-refractivity contribution in [2.45, 2.75) is 58.0 Å². The van der Waals surface area contributed by atoms with E-state index in [1.807, 2.05) is 6.07 Å². The van der Waals surface area contributed by atoms with Crippen LogP contribution in [-0.4, -0.2) is 73.1 Å². The quantitative estimate of drug-likeness (QED) is 0.488. The second-order valence-electron chi connectivity index (χ2n) is 8.59. The second kappa shape index (κ2) is 10.7. The van der Waals surface area contributed by atoms with E-state index >= 15 is 0 Å². The predicted molar refractivity (Wildman–Crippen MR) is 121 cm³/mol. The third-order valence-electron chi connectivity index (χ3n) is 6.15. The number of aliphatic imine (C=N–C) groups is 1. The Morgan fingerprint density at radius 1 is 1.23 bits per heavy atom. The average molecular weight is 416 g/mol. The van der Waals surface area contributed by atoms with E-state index in [0.29, 0.717) is 24.9 Å². The highest BCUT2D eigenvalue weighted by atomic mass is 16.3. The monoisotopic (exact) mass is 415 g/mol. The Kier molecular flexibility index (Phi) is 7.96. The van der Waals surface area contributed by atoms with E-state index in [1.165, 1.54) is 24.0 Å². The molecule has 1 aliphatic heterocycles. The maximum absolute atomic E-state index is 11.9. The minimum absolute atomic E-state index is 0.155. The Hall–Kier alpha value is -2.28. The average Bonchev–Trinajstić information content (AvgIpc) is 2.74. The number of rotatable bonds is 6. The number of phenols is 1.